The number of halogens is 8. The van der Waals surface area contributed by atoms with Crippen LogP contribution < -0.4 is 4.90 Å². The molecular weight excluding hydrogens is 529 g/mol. The van der Waals surface area contributed by atoms with E-state index in [1.807, 2.05) is 0 Å². The third kappa shape index (κ3) is 5.57. The molecule has 2 amide bonds. The van der Waals surface area contributed by atoms with Gasteiger partial charge in [0.2, 0.25) is 0 Å². The van der Waals surface area contributed by atoms with Gasteiger partial charge in [-0.1, -0.05) is 23.2 Å². The molecule has 0 saturated carbocycles. The molecule has 0 fully saturated rings. The number of carbonyl (C=O) groups is 2. The maximum atomic E-state index is 13.2. The number of hydrogen-bond donors (Lipinski definition) is 0. The number of nitriles is 1. The molecule has 0 bridgehead atoms. The molecule has 8 nitrogen and oxygen atoms in total. The van der Waals surface area contributed by atoms with Gasteiger partial charge in [0.15, 0.2) is 11.5 Å². The van der Waals surface area contributed by atoms with E-state index in [9.17, 15) is 41.2 Å². The van der Waals surface area contributed by atoms with Crippen molar-refractivity contribution >= 4 is 53.0 Å². The summed E-state index contributed by atoms with van der Waals surface area (Å²) in [6, 6.07) is 2.11. The lowest BCUT2D eigenvalue weighted by atomic mass is 10.2. The summed E-state index contributed by atoms with van der Waals surface area (Å²) in [7, 11) is 1.55. The third-order valence-corrected chi connectivity index (χ3v) is 5.01. The minimum atomic E-state index is -5.06. The Morgan fingerprint density at radius 1 is 1.09 bits per heavy atom. The van der Waals surface area contributed by atoms with Crippen molar-refractivity contribution in [1.29, 1.82) is 5.26 Å². The predicted molar refractivity (Wildman–Crippen MR) is 103 cm³/mol. The van der Waals surface area contributed by atoms with Crippen LogP contribution in [0.3, 0.4) is 0 Å². The van der Waals surface area contributed by atoms with Gasteiger partial charge in [-0.2, -0.15) is 41.6 Å². The lowest BCUT2D eigenvalue weighted by Crippen LogP contribution is -2.38. The van der Waals surface area contributed by atoms with E-state index < -0.39 is 73.3 Å². The Morgan fingerprint density at radius 2 is 1.58 bits per heavy atom. The average molecular weight is 537 g/mol. The molecule has 1 aromatic heterocycles. The molecule has 0 N–H and O–H groups in total. The first-order chi connectivity index (χ1) is 15.2. The van der Waals surface area contributed by atoms with Gasteiger partial charge in [0.1, 0.15) is 11.8 Å². The van der Waals surface area contributed by atoms with Gasteiger partial charge in [-0.15, -0.1) is 0 Å². The fourth-order valence-corrected chi connectivity index (χ4v) is 3.72. The largest absolute Gasteiger partial charge is 0.452 e. The summed E-state index contributed by atoms with van der Waals surface area (Å²) >= 11 is 10.9. The molecule has 0 atom stereocenters. The molecule has 0 saturated heterocycles. The van der Waals surface area contributed by atoms with Gasteiger partial charge < -0.3 is 9.47 Å². The van der Waals surface area contributed by atoms with Gasteiger partial charge in [0.05, 0.1) is 34.7 Å². The molecule has 178 valence electrons. The molecule has 1 aromatic carbocycles. The van der Waals surface area contributed by atoms with Crippen molar-refractivity contribution < 1.29 is 45.4 Å². The van der Waals surface area contributed by atoms with Crippen LogP contribution in [0.15, 0.2) is 17.0 Å². The average Bonchev–Trinajstić information content (AvgIpc) is 3.02. The first-order valence-electron chi connectivity index (χ1n) is 7.97. The number of nitrogens with zero attached hydrogens (tertiary/aromatic N) is 4. The molecular formula is C16H8Cl2F6N4O4S. The van der Waals surface area contributed by atoms with Gasteiger partial charge in [0, 0.05) is 0 Å². The first kappa shape index (κ1) is 26.4. The fraction of sp³-hybridized carbons (Fsp3) is 0.250. The highest BCUT2D eigenvalue weighted by Crippen LogP contribution is 2.46. The van der Waals surface area contributed by atoms with Crippen molar-refractivity contribution in [2.45, 2.75) is 16.6 Å². The topological polar surface area (TPSA) is 97.4 Å². The number of carbonyl (C=O) groups excluding carboxylic acids is 2. The van der Waals surface area contributed by atoms with E-state index >= 15 is 0 Å². The normalized spacial score (nSPS) is 11.7. The van der Waals surface area contributed by atoms with E-state index in [0.717, 1.165) is 14.2 Å². The van der Waals surface area contributed by atoms with Gasteiger partial charge in [-0.25, -0.2) is 14.3 Å². The van der Waals surface area contributed by atoms with Crippen LogP contribution >= 0.6 is 35.0 Å². The van der Waals surface area contributed by atoms with E-state index in [4.69, 9.17) is 23.2 Å². The Hall–Kier alpha value is -2.83. The molecule has 0 aliphatic carbocycles. The summed E-state index contributed by atoms with van der Waals surface area (Å²) in [6.07, 6.45) is -8.04. The van der Waals surface area contributed by atoms with Crippen molar-refractivity contribution in [3.05, 3.63) is 33.4 Å². The molecule has 17 heteroatoms. The number of thioether (sulfide) groups is 1. The molecule has 2 rings (SSSR count). The van der Waals surface area contributed by atoms with Crippen molar-refractivity contribution in [3.63, 3.8) is 0 Å². The molecule has 0 spiro atoms. The predicted octanol–water partition coefficient (Wildman–Crippen LogP) is 6.02. The number of aromatic nitrogens is 2. The number of alkyl halides is 6. The number of ether oxygens (including phenoxy) is 2. The van der Waals surface area contributed by atoms with Crippen LogP contribution in [0.2, 0.25) is 10.0 Å². The zero-order valence-electron chi connectivity index (χ0n) is 16.0. The van der Waals surface area contributed by atoms with Gasteiger partial charge in [0.25, 0.3) is 0 Å². The Kier molecular flexibility index (Phi) is 7.67. The number of rotatable bonds is 3. The summed E-state index contributed by atoms with van der Waals surface area (Å²) in [6.45, 7) is 0. The van der Waals surface area contributed by atoms with E-state index in [2.05, 4.69) is 14.6 Å². The Labute approximate surface area is 194 Å². The molecule has 0 aliphatic rings. The highest BCUT2D eigenvalue weighted by atomic mass is 35.5. The highest BCUT2D eigenvalue weighted by molar-refractivity contribution is 8.00. The zero-order chi connectivity index (χ0) is 25.3. The van der Waals surface area contributed by atoms with Gasteiger partial charge in [-0.05, 0) is 23.9 Å². The van der Waals surface area contributed by atoms with Crippen LogP contribution in [0, 0.1) is 11.3 Å². The summed E-state index contributed by atoms with van der Waals surface area (Å²) < 4.78 is 87.9. The van der Waals surface area contributed by atoms with Crippen molar-refractivity contribution in [1.82, 2.24) is 9.78 Å². The summed E-state index contributed by atoms with van der Waals surface area (Å²) in [4.78, 5) is 23.3. The van der Waals surface area contributed by atoms with E-state index in [-0.39, 0.29) is 4.90 Å². The number of methoxy groups -OCH3 is 2. The summed E-state index contributed by atoms with van der Waals surface area (Å²) in [5, 5.41) is 11.3. The second-order valence-corrected chi connectivity index (χ2v) is 7.52. The Morgan fingerprint density at radius 3 is 1.94 bits per heavy atom. The minimum Gasteiger partial charge on any atom is -0.452 e. The number of amides is 2. The number of benzene rings is 1. The summed E-state index contributed by atoms with van der Waals surface area (Å²) in [5.41, 5.74) is -7.99. The highest BCUT2D eigenvalue weighted by Gasteiger charge is 2.41. The molecule has 0 unspecified atom stereocenters. The Bertz CT molecular complexity index is 1110. The third-order valence-electron chi connectivity index (χ3n) is 3.62. The van der Waals surface area contributed by atoms with Crippen molar-refractivity contribution in [3.8, 4) is 11.8 Å². The number of imide groups is 1. The second-order valence-electron chi connectivity index (χ2n) is 5.63. The minimum absolute atomic E-state index is 0.0633. The van der Waals surface area contributed by atoms with Crippen LogP contribution in [-0.4, -0.2) is 41.7 Å². The second kappa shape index (κ2) is 9.57. The van der Waals surface area contributed by atoms with Crippen molar-refractivity contribution in [2.75, 3.05) is 19.1 Å². The maximum absolute atomic E-state index is 13.2. The zero-order valence-corrected chi connectivity index (χ0v) is 18.3. The molecule has 0 radical (unpaired) electrons. The number of anilines is 1. The quantitative estimate of drug-likeness (QED) is 0.349. The molecule has 0 aliphatic heterocycles. The standard InChI is InChI=1S/C16H8Cl2F6N4O4S/c1-31-13(29)27(14(30)32-2)12-11(33-16(22,23)24)9(5-25)26-28(12)10-7(17)3-6(4-8(10)18)15(19,20)21/h3-4H,1-2H3. The van der Waals surface area contributed by atoms with E-state index in [1.54, 1.807) is 0 Å². The van der Waals surface area contributed by atoms with Crippen LogP contribution in [0.4, 0.5) is 41.7 Å². The lowest BCUT2D eigenvalue weighted by Gasteiger charge is -2.21. The fourth-order valence-electron chi connectivity index (χ4n) is 2.39. The van der Waals surface area contributed by atoms with Crippen LogP contribution in [0.5, 0.6) is 0 Å². The lowest BCUT2D eigenvalue weighted by molar-refractivity contribution is -0.137. The SMILES string of the molecule is COC(=O)N(C(=O)OC)c1c(SC(F)(F)F)c(C#N)nn1-c1c(Cl)cc(C(F)(F)F)cc1Cl. The molecule has 33 heavy (non-hydrogen) atoms. The van der Waals surface area contributed by atoms with Crippen LogP contribution in [-0.2, 0) is 15.7 Å². The number of hydrogen-bond acceptors (Lipinski definition) is 7. The smallest absolute Gasteiger partial charge is 0.446 e. The van der Waals surface area contributed by atoms with Crippen LogP contribution in [0.1, 0.15) is 11.3 Å². The monoisotopic (exact) mass is 536 g/mol. The first-order valence-corrected chi connectivity index (χ1v) is 9.55. The Balaban J connectivity index is 3.00. The molecule has 1 heterocycles. The van der Waals surface area contributed by atoms with E-state index in [0.29, 0.717) is 16.8 Å². The van der Waals surface area contributed by atoms with E-state index in [1.165, 1.54) is 6.07 Å². The van der Waals surface area contributed by atoms with Gasteiger partial charge >= 0.3 is 23.9 Å². The van der Waals surface area contributed by atoms with Gasteiger partial charge in [-0.3, -0.25) is 0 Å². The van der Waals surface area contributed by atoms with Crippen molar-refractivity contribution in [2.24, 2.45) is 0 Å². The van der Waals surface area contributed by atoms with Crippen LogP contribution in [0.25, 0.3) is 5.69 Å². The molecule has 2 aromatic rings. The summed E-state index contributed by atoms with van der Waals surface area (Å²) in [5.74, 6) is -1.06. The maximum Gasteiger partial charge on any atom is 0.446 e.